The summed E-state index contributed by atoms with van der Waals surface area (Å²) in [5.41, 5.74) is -3.04. The standard InChI is InChI=1S/C13H10N4/c14-6-12(7-15)10-2-1-3-11(5-4-10)13(12,8-16)9-17/h4-5,10-11H,1-3H2. The fraction of sp³-hybridized carbons (Fsp3) is 0.538. The van der Waals surface area contributed by atoms with Gasteiger partial charge in [-0.05, 0) is 12.8 Å². The van der Waals surface area contributed by atoms with Crippen LogP contribution in [0.4, 0.5) is 0 Å². The van der Waals surface area contributed by atoms with Gasteiger partial charge in [0.15, 0.2) is 10.8 Å². The van der Waals surface area contributed by atoms with Crippen LogP contribution < -0.4 is 0 Å². The van der Waals surface area contributed by atoms with Crippen molar-refractivity contribution in [2.24, 2.45) is 22.7 Å². The Bertz CT molecular complexity index is 456. The molecule has 0 aromatic carbocycles. The number of hydrogen-bond donors (Lipinski definition) is 0. The van der Waals surface area contributed by atoms with Crippen LogP contribution in [-0.2, 0) is 0 Å². The lowest BCUT2D eigenvalue weighted by molar-refractivity contribution is 0.174. The maximum absolute atomic E-state index is 9.38. The molecule has 0 aliphatic heterocycles. The van der Waals surface area contributed by atoms with Gasteiger partial charge in [-0.15, -0.1) is 0 Å². The Hall–Kier alpha value is -2.30. The Morgan fingerprint density at radius 1 is 0.765 bits per heavy atom. The molecule has 82 valence electrons. The summed E-state index contributed by atoms with van der Waals surface area (Å²) >= 11 is 0. The average molecular weight is 222 g/mol. The highest BCUT2D eigenvalue weighted by Crippen LogP contribution is 2.57. The van der Waals surface area contributed by atoms with Crippen LogP contribution in [0.2, 0.25) is 0 Å². The maximum Gasteiger partial charge on any atom is 0.182 e. The third-order valence-corrected chi connectivity index (χ3v) is 4.05. The molecule has 2 unspecified atom stereocenters. The number of allylic oxidation sites excluding steroid dienone is 2. The molecule has 0 saturated heterocycles. The van der Waals surface area contributed by atoms with Crippen molar-refractivity contribution in [2.75, 3.05) is 0 Å². The van der Waals surface area contributed by atoms with Gasteiger partial charge in [0, 0.05) is 11.8 Å². The highest BCUT2D eigenvalue weighted by molar-refractivity contribution is 5.42. The second kappa shape index (κ2) is 3.62. The van der Waals surface area contributed by atoms with Gasteiger partial charge in [-0.2, -0.15) is 21.0 Å². The minimum Gasteiger partial charge on any atom is -0.196 e. The minimum absolute atomic E-state index is 0.310. The molecule has 0 aromatic heterocycles. The molecule has 0 spiro atoms. The zero-order valence-electron chi connectivity index (χ0n) is 9.22. The van der Waals surface area contributed by atoms with Crippen LogP contribution in [0.5, 0.6) is 0 Å². The normalized spacial score (nSPS) is 31.3. The molecule has 0 heterocycles. The van der Waals surface area contributed by atoms with Crippen molar-refractivity contribution in [3.63, 3.8) is 0 Å². The molecule has 1 fully saturated rings. The molecule has 0 aromatic rings. The van der Waals surface area contributed by atoms with E-state index in [0.717, 1.165) is 6.42 Å². The molecular formula is C13H10N4. The average Bonchev–Trinajstić information content (AvgIpc) is 2.69. The molecule has 0 amide bonds. The first-order valence-corrected chi connectivity index (χ1v) is 5.54. The van der Waals surface area contributed by atoms with Gasteiger partial charge in [-0.25, -0.2) is 0 Å². The third kappa shape index (κ3) is 1.08. The van der Waals surface area contributed by atoms with Gasteiger partial charge >= 0.3 is 0 Å². The topological polar surface area (TPSA) is 95.2 Å². The van der Waals surface area contributed by atoms with E-state index in [2.05, 4.69) is 0 Å². The molecule has 3 aliphatic carbocycles. The monoisotopic (exact) mass is 222 g/mol. The Balaban J connectivity index is 2.77. The van der Waals surface area contributed by atoms with Gasteiger partial charge in [-0.3, -0.25) is 0 Å². The molecule has 0 N–H and O–H groups in total. The summed E-state index contributed by atoms with van der Waals surface area (Å²) in [5.74, 6) is -0.619. The molecule has 1 saturated carbocycles. The Kier molecular flexibility index (Phi) is 2.38. The molecule has 3 rings (SSSR count). The van der Waals surface area contributed by atoms with Gasteiger partial charge in [0.25, 0.3) is 0 Å². The predicted octanol–water partition coefficient (Wildman–Crippen LogP) is 2.04. The summed E-state index contributed by atoms with van der Waals surface area (Å²) in [5, 5.41) is 37.5. The van der Waals surface area contributed by atoms with E-state index in [1.165, 1.54) is 0 Å². The molecule has 2 atom stereocenters. The van der Waals surface area contributed by atoms with E-state index in [9.17, 15) is 21.0 Å². The fourth-order valence-corrected chi connectivity index (χ4v) is 3.06. The second-order valence-electron chi connectivity index (χ2n) is 4.59. The Labute approximate surface area is 100.0 Å². The summed E-state index contributed by atoms with van der Waals surface area (Å²) in [6.07, 6.45) is 5.92. The summed E-state index contributed by atoms with van der Waals surface area (Å²) < 4.78 is 0. The number of nitriles is 4. The van der Waals surface area contributed by atoms with Crippen molar-refractivity contribution >= 4 is 0 Å². The van der Waals surface area contributed by atoms with Crippen molar-refractivity contribution in [3.05, 3.63) is 12.2 Å². The van der Waals surface area contributed by atoms with Crippen LogP contribution >= 0.6 is 0 Å². The van der Waals surface area contributed by atoms with E-state index in [1.54, 1.807) is 0 Å². The SMILES string of the molecule is N#CC1(C#N)C2C=CC(CCC2)C1(C#N)C#N. The van der Waals surface area contributed by atoms with Gasteiger partial charge in [0.1, 0.15) is 0 Å². The molecule has 4 heteroatoms. The van der Waals surface area contributed by atoms with E-state index in [-0.39, 0.29) is 11.8 Å². The van der Waals surface area contributed by atoms with Crippen molar-refractivity contribution in [1.82, 2.24) is 0 Å². The zero-order chi connectivity index (χ0) is 12.5. The highest BCUT2D eigenvalue weighted by Gasteiger charge is 2.64. The quantitative estimate of drug-likeness (QED) is 0.586. The fourth-order valence-electron chi connectivity index (χ4n) is 3.06. The first-order valence-electron chi connectivity index (χ1n) is 5.54. The van der Waals surface area contributed by atoms with Crippen molar-refractivity contribution in [3.8, 4) is 24.3 Å². The molecular weight excluding hydrogens is 212 g/mol. The summed E-state index contributed by atoms with van der Waals surface area (Å²) in [7, 11) is 0. The maximum atomic E-state index is 9.38. The van der Waals surface area contributed by atoms with Crippen molar-refractivity contribution in [1.29, 1.82) is 21.0 Å². The van der Waals surface area contributed by atoms with E-state index in [0.29, 0.717) is 12.8 Å². The third-order valence-electron chi connectivity index (χ3n) is 4.05. The lowest BCUT2D eigenvalue weighted by Crippen LogP contribution is -2.48. The number of nitrogens with zero attached hydrogens (tertiary/aromatic N) is 4. The van der Waals surface area contributed by atoms with E-state index in [1.807, 2.05) is 36.4 Å². The van der Waals surface area contributed by atoms with Crippen LogP contribution in [-0.4, -0.2) is 0 Å². The van der Waals surface area contributed by atoms with Crippen molar-refractivity contribution < 1.29 is 0 Å². The van der Waals surface area contributed by atoms with Crippen LogP contribution in [0.15, 0.2) is 12.2 Å². The van der Waals surface area contributed by atoms with Gasteiger partial charge in [0.05, 0.1) is 24.3 Å². The smallest absolute Gasteiger partial charge is 0.182 e. The van der Waals surface area contributed by atoms with Crippen LogP contribution in [0.3, 0.4) is 0 Å². The van der Waals surface area contributed by atoms with Crippen LogP contribution in [0, 0.1) is 68.0 Å². The second-order valence-corrected chi connectivity index (χ2v) is 4.59. The minimum atomic E-state index is -1.52. The first kappa shape index (κ1) is 11.2. The van der Waals surface area contributed by atoms with E-state index >= 15 is 0 Å². The Morgan fingerprint density at radius 3 is 1.41 bits per heavy atom. The lowest BCUT2D eigenvalue weighted by atomic mass is 9.53. The summed E-state index contributed by atoms with van der Waals surface area (Å²) in [4.78, 5) is 0. The van der Waals surface area contributed by atoms with Gasteiger partial charge < -0.3 is 0 Å². The first-order chi connectivity index (χ1) is 8.20. The van der Waals surface area contributed by atoms with Gasteiger partial charge in [0.2, 0.25) is 0 Å². The number of fused-ring (bicyclic) bond motifs is 3. The lowest BCUT2D eigenvalue weighted by Gasteiger charge is -2.40. The number of rotatable bonds is 0. The molecule has 17 heavy (non-hydrogen) atoms. The van der Waals surface area contributed by atoms with Crippen molar-refractivity contribution in [2.45, 2.75) is 19.3 Å². The molecule has 0 radical (unpaired) electrons. The largest absolute Gasteiger partial charge is 0.196 e. The zero-order valence-corrected chi connectivity index (χ0v) is 9.22. The molecule has 3 aliphatic rings. The Morgan fingerprint density at radius 2 is 1.12 bits per heavy atom. The van der Waals surface area contributed by atoms with Gasteiger partial charge in [-0.1, -0.05) is 18.6 Å². The predicted molar refractivity (Wildman–Crippen MR) is 57.3 cm³/mol. The number of hydrogen-bond acceptors (Lipinski definition) is 4. The van der Waals surface area contributed by atoms with Crippen LogP contribution in [0.25, 0.3) is 0 Å². The van der Waals surface area contributed by atoms with E-state index in [4.69, 9.17) is 0 Å². The highest BCUT2D eigenvalue weighted by atomic mass is 14.6. The summed E-state index contributed by atoms with van der Waals surface area (Å²) in [6.45, 7) is 0. The molecule has 2 bridgehead atoms. The molecule has 4 nitrogen and oxygen atoms in total. The van der Waals surface area contributed by atoms with E-state index < -0.39 is 10.8 Å². The van der Waals surface area contributed by atoms with Crippen LogP contribution in [0.1, 0.15) is 19.3 Å². The summed E-state index contributed by atoms with van der Waals surface area (Å²) in [6, 6.07) is 7.90.